The van der Waals surface area contributed by atoms with E-state index in [0.29, 0.717) is 36.7 Å². The fourth-order valence-corrected chi connectivity index (χ4v) is 8.34. The summed E-state index contributed by atoms with van der Waals surface area (Å²) in [6, 6.07) is 18.8. The van der Waals surface area contributed by atoms with Crippen molar-refractivity contribution in [3.05, 3.63) is 99.2 Å². The molecule has 8 nitrogen and oxygen atoms in total. The highest BCUT2D eigenvalue weighted by Gasteiger charge is 2.27. The Morgan fingerprint density at radius 1 is 0.938 bits per heavy atom. The number of carboxylic acids is 1. The van der Waals surface area contributed by atoms with Crippen LogP contribution in [0.15, 0.2) is 54.6 Å². The van der Waals surface area contributed by atoms with Crippen LogP contribution in [0.2, 0.25) is 5.02 Å². The van der Waals surface area contributed by atoms with Gasteiger partial charge in [-0.2, -0.15) is 22.0 Å². The number of aromatic carboxylic acids is 1. The zero-order valence-electron chi connectivity index (χ0n) is 27.8. The van der Waals surface area contributed by atoms with Gasteiger partial charge in [-0.05, 0) is 86.4 Å². The molecule has 3 aromatic heterocycles. The average Bonchev–Trinajstić information content (AvgIpc) is 3.66. The molecule has 7 rings (SSSR count). The number of nitrogens with zero attached hydrogens (tertiary/aromatic N) is 5. The number of ether oxygens (including phenoxy) is 1. The smallest absolute Gasteiger partial charge is 0.352 e. The SMILES string of the molecule is Cc1nn(C)c(C)c1-c1c(Cl)ccc2c3c(C(=O)O)n(c12)CCCSCc1cc(n(C)n1)CCc1cc(c2ccccc2c1)OCCC3. The van der Waals surface area contributed by atoms with Gasteiger partial charge in [0.05, 0.1) is 28.5 Å². The molecule has 0 radical (unpaired) electrons. The van der Waals surface area contributed by atoms with Crippen molar-refractivity contribution in [2.45, 2.75) is 58.2 Å². The van der Waals surface area contributed by atoms with Gasteiger partial charge >= 0.3 is 5.97 Å². The Bertz CT molecular complexity index is 2180. The summed E-state index contributed by atoms with van der Waals surface area (Å²) in [6.45, 7) is 5.03. The maximum absolute atomic E-state index is 13.1. The lowest BCUT2D eigenvalue weighted by Gasteiger charge is -2.14. The Labute approximate surface area is 289 Å². The Kier molecular flexibility index (Phi) is 9.00. The van der Waals surface area contributed by atoms with Gasteiger partial charge in [0.2, 0.25) is 0 Å². The van der Waals surface area contributed by atoms with E-state index in [2.05, 4.69) is 41.5 Å². The third kappa shape index (κ3) is 5.98. The maximum atomic E-state index is 13.1. The van der Waals surface area contributed by atoms with Crippen LogP contribution in [-0.4, -0.2) is 47.6 Å². The van der Waals surface area contributed by atoms with E-state index < -0.39 is 5.97 Å². The van der Waals surface area contributed by atoms with Crippen molar-refractivity contribution in [3.8, 4) is 16.9 Å². The van der Waals surface area contributed by atoms with E-state index in [9.17, 15) is 9.90 Å². The van der Waals surface area contributed by atoms with E-state index >= 15 is 0 Å². The Morgan fingerprint density at radius 3 is 2.56 bits per heavy atom. The molecule has 0 unspecified atom stereocenters. The highest BCUT2D eigenvalue weighted by atomic mass is 35.5. The van der Waals surface area contributed by atoms with E-state index in [-0.39, 0.29) is 0 Å². The van der Waals surface area contributed by atoms with Crippen LogP contribution >= 0.6 is 23.4 Å². The minimum absolute atomic E-state index is 0.328. The number of aryl methyl sites for hydroxylation is 7. The summed E-state index contributed by atoms with van der Waals surface area (Å²) in [5, 5.41) is 24.0. The van der Waals surface area contributed by atoms with E-state index in [1.165, 1.54) is 11.3 Å². The molecule has 0 aliphatic carbocycles. The quantitative estimate of drug-likeness (QED) is 0.198. The second-order valence-corrected chi connectivity index (χ2v) is 14.2. The molecule has 0 saturated carbocycles. The molecule has 248 valence electrons. The first-order valence-electron chi connectivity index (χ1n) is 16.5. The van der Waals surface area contributed by atoms with Gasteiger partial charge in [-0.15, -0.1) is 0 Å². The molecule has 48 heavy (non-hydrogen) atoms. The molecular weight excluding hydrogens is 642 g/mol. The number of halogens is 1. The lowest BCUT2D eigenvalue weighted by Crippen LogP contribution is -2.12. The third-order valence-corrected chi connectivity index (χ3v) is 11.0. The first-order valence-corrected chi connectivity index (χ1v) is 18.1. The van der Waals surface area contributed by atoms with Crippen LogP contribution in [0, 0.1) is 13.8 Å². The second-order valence-electron chi connectivity index (χ2n) is 12.7. The molecule has 1 aliphatic rings. The van der Waals surface area contributed by atoms with Crippen LogP contribution in [0.3, 0.4) is 0 Å². The Hall–Kier alpha value is -4.21. The molecule has 4 heterocycles. The fourth-order valence-electron chi connectivity index (χ4n) is 7.27. The Morgan fingerprint density at radius 2 is 1.77 bits per heavy atom. The molecular formula is C38H40ClN5O3S. The second kappa shape index (κ2) is 13.4. The zero-order chi connectivity index (χ0) is 33.5. The Balaban J connectivity index is 1.33. The number of fused-ring (bicyclic) bond motifs is 11. The molecule has 6 bridgehead atoms. The van der Waals surface area contributed by atoms with Crippen molar-refractivity contribution >= 4 is 51.0 Å². The summed E-state index contributed by atoms with van der Waals surface area (Å²) < 4.78 is 12.3. The highest BCUT2D eigenvalue weighted by Crippen LogP contribution is 2.42. The monoisotopic (exact) mass is 681 g/mol. The van der Waals surface area contributed by atoms with Crippen molar-refractivity contribution in [2.75, 3.05) is 12.4 Å². The van der Waals surface area contributed by atoms with Crippen molar-refractivity contribution in [3.63, 3.8) is 0 Å². The zero-order valence-corrected chi connectivity index (χ0v) is 29.4. The number of hydrogen-bond acceptors (Lipinski definition) is 5. The lowest BCUT2D eigenvalue weighted by atomic mass is 9.98. The summed E-state index contributed by atoms with van der Waals surface area (Å²) in [7, 11) is 3.94. The third-order valence-electron chi connectivity index (χ3n) is 9.57. The van der Waals surface area contributed by atoms with Gasteiger partial charge < -0.3 is 14.4 Å². The van der Waals surface area contributed by atoms with Crippen LogP contribution in [0.5, 0.6) is 5.75 Å². The summed E-state index contributed by atoms with van der Waals surface area (Å²) >= 11 is 8.83. The van der Waals surface area contributed by atoms with Crippen molar-refractivity contribution in [1.29, 1.82) is 0 Å². The van der Waals surface area contributed by atoms with Gasteiger partial charge in [0.15, 0.2) is 0 Å². The normalized spacial score (nSPS) is 14.7. The van der Waals surface area contributed by atoms with Crippen LogP contribution in [0.4, 0.5) is 0 Å². The van der Waals surface area contributed by atoms with E-state index in [1.54, 1.807) is 0 Å². The molecule has 1 N–H and O–H groups in total. The standard InChI is InChI=1S/C38H40ClN5O3S/c1-23-34(24(2)42(3)40-23)35-32(39)15-14-31-30-11-7-17-47-33-20-25(19-26-9-5-6-10-29(26)33)12-13-28-21-27(41-43(28)4)22-48-18-8-16-44(36(31)35)37(30)38(45)46/h5-6,9-10,14-15,19-21H,7-8,11-13,16-18,22H2,1-4H3,(H,45,46). The van der Waals surface area contributed by atoms with E-state index in [0.717, 1.165) is 92.0 Å². The number of hydrogen-bond donors (Lipinski definition) is 1. The highest BCUT2D eigenvalue weighted by molar-refractivity contribution is 7.98. The van der Waals surface area contributed by atoms with Gasteiger partial charge in [-0.3, -0.25) is 9.36 Å². The van der Waals surface area contributed by atoms with Crippen LogP contribution in [-0.2, 0) is 45.7 Å². The molecule has 0 atom stereocenters. The lowest BCUT2D eigenvalue weighted by molar-refractivity contribution is 0.0684. The predicted octanol–water partition coefficient (Wildman–Crippen LogP) is 8.33. The van der Waals surface area contributed by atoms with Gasteiger partial charge in [0.1, 0.15) is 11.4 Å². The first kappa shape index (κ1) is 32.3. The number of thioether (sulfide) groups is 1. The number of benzene rings is 3. The number of carboxylic acid groups (broad SMARTS) is 1. The number of aromatic nitrogens is 5. The summed E-state index contributed by atoms with van der Waals surface area (Å²) in [5.41, 5.74) is 9.14. The first-order chi connectivity index (χ1) is 23.2. The topological polar surface area (TPSA) is 87.1 Å². The van der Waals surface area contributed by atoms with Crippen molar-refractivity contribution < 1.29 is 14.6 Å². The van der Waals surface area contributed by atoms with E-state index in [1.807, 2.05) is 71.8 Å². The summed E-state index contributed by atoms with van der Waals surface area (Å²) in [5.74, 6) is 1.60. The average molecular weight is 682 g/mol. The molecule has 10 heteroatoms. The van der Waals surface area contributed by atoms with Gasteiger partial charge in [0.25, 0.3) is 0 Å². The fraction of sp³-hybridized carbons (Fsp3) is 0.342. The van der Waals surface area contributed by atoms with Gasteiger partial charge in [-0.1, -0.05) is 48.0 Å². The van der Waals surface area contributed by atoms with Crippen LogP contribution < -0.4 is 4.74 Å². The summed E-state index contributed by atoms with van der Waals surface area (Å²) in [4.78, 5) is 13.1. The van der Waals surface area contributed by atoms with Crippen molar-refractivity contribution in [1.82, 2.24) is 24.1 Å². The summed E-state index contributed by atoms with van der Waals surface area (Å²) in [6.07, 6.45) is 3.80. The molecule has 0 fully saturated rings. The number of rotatable bonds is 2. The maximum Gasteiger partial charge on any atom is 0.352 e. The van der Waals surface area contributed by atoms with Crippen LogP contribution in [0.1, 0.15) is 57.2 Å². The van der Waals surface area contributed by atoms with Gasteiger partial charge in [0, 0.05) is 59.7 Å². The van der Waals surface area contributed by atoms with Crippen LogP contribution in [0.25, 0.3) is 32.8 Å². The van der Waals surface area contributed by atoms with E-state index in [4.69, 9.17) is 21.4 Å². The molecule has 3 aromatic carbocycles. The van der Waals surface area contributed by atoms with Gasteiger partial charge in [-0.25, -0.2) is 4.79 Å². The molecule has 6 aromatic rings. The van der Waals surface area contributed by atoms with Crippen molar-refractivity contribution in [2.24, 2.45) is 14.1 Å². The minimum atomic E-state index is -0.932. The molecule has 0 saturated heterocycles. The minimum Gasteiger partial charge on any atom is -0.493 e. The molecule has 0 spiro atoms. The molecule has 0 amide bonds. The molecule has 1 aliphatic heterocycles. The largest absolute Gasteiger partial charge is 0.493 e. The number of carbonyl (C=O) groups is 1. The predicted molar refractivity (Wildman–Crippen MR) is 195 cm³/mol.